The van der Waals surface area contributed by atoms with Gasteiger partial charge in [-0.3, -0.25) is 9.36 Å². The van der Waals surface area contributed by atoms with Crippen LogP contribution in [0.15, 0.2) is 121 Å². The third-order valence-electron chi connectivity index (χ3n) is 8.07. The first-order valence-electron chi connectivity index (χ1n) is 16.1. The molecule has 0 aromatic heterocycles. The zero-order valence-corrected chi connectivity index (χ0v) is 28.3. The molecule has 48 heavy (non-hydrogen) atoms. The lowest BCUT2D eigenvalue weighted by atomic mass is 9.96. The highest BCUT2D eigenvalue weighted by Crippen LogP contribution is 2.54. The summed E-state index contributed by atoms with van der Waals surface area (Å²) in [5, 5.41) is 3.03. The molecule has 1 fully saturated rings. The molecule has 1 N–H and O–H groups in total. The van der Waals surface area contributed by atoms with Crippen molar-refractivity contribution in [1.29, 1.82) is 0 Å². The quantitative estimate of drug-likeness (QED) is 0.124. The zero-order chi connectivity index (χ0) is 33.6. The molecule has 1 aliphatic rings. The molecule has 6 atom stereocenters. The zero-order valence-electron chi connectivity index (χ0n) is 27.4. The summed E-state index contributed by atoms with van der Waals surface area (Å²) in [4.78, 5) is 12.7. The van der Waals surface area contributed by atoms with Crippen LogP contribution in [0.5, 0.6) is 0 Å². The summed E-state index contributed by atoms with van der Waals surface area (Å²) in [7, 11) is -2.34. The highest BCUT2D eigenvalue weighted by Gasteiger charge is 2.51. The first-order valence-corrected chi connectivity index (χ1v) is 17.8. The maximum atomic E-state index is 14.1. The topological polar surface area (TPSA) is 102 Å². The highest BCUT2D eigenvalue weighted by atomic mass is 31.2. The summed E-state index contributed by atoms with van der Waals surface area (Å²) < 4.78 is 51.8. The van der Waals surface area contributed by atoms with Gasteiger partial charge in [0.05, 0.1) is 51.3 Å². The van der Waals surface area contributed by atoms with Crippen molar-refractivity contribution in [3.05, 3.63) is 144 Å². The standard InChI is InChI=1S/C38H44NO8P/c1-29(40)39-36-35(45-25-32-19-11-5-12-20-32)28-48(41,42-2)47-38(36)37(46-26-33-21-13-6-14-22-33)34(44-24-31-17-9-4-10-18-31)27-43-23-30-15-7-3-8-16-30/h3-22,34-38H,23-28H2,1-2H3,(H,39,40)/t34-,35-,36+,37+,38+,48-/m0/s1. The maximum absolute atomic E-state index is 14.1. The molecule has 0 unspecified atom stereocenters. The van der Waals surface area contributed by atoms with Crippen LogP contribution in [0.25, 0.3) is 0 Å². The third kappa shape index (κ3) is 10.7. The van der Waals surface area contributed by atoms with Crippen molar-refractivity contribution in [3.63, 3.8) is 0 Å². The van der Waals surface area contributed by atoms with Crippen LogP contribution >= 0.6 is 7.60 Å². The number of hydrogen-bond acceptors (Lipinski definition) is 8. The molecular weight excluding hydrogens is 629 g/mol. The highest BCUT2D eigenvalue weighted by molar-refractivity contribution is 7.54. The van der Waals surface area contributed by atoms with Crippen LogP contribution in [0.3, 0.4) is 0 Å². The van der Waals surface area contributed by atoms with E-state index in [-0.39, 0.29) is 38.5 Å². The second kappa shape index (κ2) is 18.2. The van der Waals surface area contributed by atoms with E-state index in [1.54, 1.807) is 0 Å². The van der Waals surface area contributed by atoms with E-state index in [1.165, 1.54) is 14.0 Å². The summed E-state index contributed by atoms with van der Waals surface area (Å²) in [6.45, 7) is 2.61. The molecule has 1 amide bonds. The molecule has 4 aromatic carbocycles. The van der Waals surface area contributed by atoms with Crippen LogP contribution < -0.4 is 5.32 Å². The number of carbonyl (C=O) groups is 1. The Balaban J connectivity index is 1.49. The van der Waals surface area contributed by atoms with Gasteiger partial charge in [-0.25, -0.2) is 0 Å². The molecule has 1 saturated heterocycles. The Hall–Kier alpha value is -3.66. The number of amides is 1. The Kier molecular flexibility index (Phi) is 13.5. The van der Waals surface area contributed by atoms with Crippen molar-refractivity contribution < 1.29 is 37.4 Å². The molecule has 4 aromatic rings. The molecule has 0 aliphatic carbocycles. The van der Waals surface area contributed by atoms with Crippen LogP contribution in [0, 0.1) is 0 Å². The smallest absolute Gasteiger partial charge is 0.333 e. The van der Waals surface area contributed by atoms with Crippen molar-refractivity contribution in [1.82, 2.24) is 5.32 Å². The van der Waals surface area contributed by atoms with E-state index in [1.807, 2.05) is 121 Å². The maximum Gasteiger partial charge on any atom is 0.333 e. The summed E-state index contributed by atoms with van der Waals surface area (Å²) in [5.41, 5.74) is 3.82. The molecule has 9 nitrogen and oxygen atoms in total. The molecule has 5 rings (SSSR count). The number of rotatable bonds is 17. The lowest BCUT2D eigenvalue weighted by Crippen LogP contribution is -2.62. The minimum Gasteiger partial charge on any atom is -0.374 e. The van der Waals surface area contributed by atoms with Crippen molar-refractivity contribution in [2.45, 2.75) is 63.8 Å². The van der Waals surface area contributed by atoms with Crippen molar-refractivity contribution in [2.75, 3.05) is 19.9 Å². The van der Waals surface area contributed by atoms with Gasteiger partial charge in [0.15, 0.2) is 0 Å². The van der Waals surface area contributed by atoms with Crippen molar-refractivity contribution in [3.8, 4) is 0 Å². The molecule has 0 saturated carbocycles. The van der Waals surface area contributed by atoms with E-state index in [9.17, 15) is 9.36 Å². The van der Waals surface area contributed by atoms with Gasteiger partial charge in [-0.15, -0.1) is 0 Å². The average molecular weight is 674 g/mol. The van der Waals surface area contributed by atoms with Gasteiger partial charge in [-0.1, -0.05) is 121 Å². The first kappa shape index (κ1) is 35.6. The number of hydrogen-bond donors (Lipinski definition) is 1. The Morgan fingerprint density at radius 2 is 1.23 bits per heavy atom. The first-order chi connectivity index (χ1) is 23.4. The van der Waals surface area contributed by atoms with Crippen molar-refractivity contribution >= 4 is 13.5 Å². The predicted octanol–water partition coefficient (Wildman–Crippen LogP) is 6.70. The molecule has 0 spiro atoms. The molecule has 0 radical (unpaired) electrons. The SMILES string of the molecule is CO[P@@]1(=O)C[C@H](OCc2ccccc2)[C@@H](NC(C)=O)[C@H]([C@H](OCc2ccccc2)[C@H](COCc2ccccc2)OCc2ccccc2)O1. The molecule has 0 bridgehead atoms. The van der Waals surface area contributed by atoms with Gasteiger partial charge in [0.25, 0.3) is 0 Å². The van der Waals surface area contributed by atoms with Crippen molar-refractivity contribution in [2.24, 2.45) is 0 Å². The Labute approximate surface area is 283 Å². The summed E-state index contributed by atoms with van der Waals surface area (Å²) in [6.07, 6.45) is -3.34. The Morgan fingerprint density at radius 1 is 0.750 bits per heavy atom. The van der Waals surface area contributed by atoms with Crippen LogP contribution in [0.1, 0.15) is 29.2 Å². The fourth-order valence-corrected chi connectivity index (χ4v) is 7.34. The van der Waals surface area contributed by atoms with E-state index < -0.39 is 38.1 Å². The normalized spacial score (nSPS) is 22.1. The Morgan fingerprint density at radius 3 is 1.73 bits per heavy atom. The molecule has 254 valence electrons. The number of benzene rings is 4. The van der Waals surface area contributed by atoms with Crippen LogP contribution in [-0.4, -0.2) is 56.2 Å². The van der Waals surface area contributed by atoms with Crippen LogP contribution in [0.2, 0.25) is 0 Å². The van der Waals surface area contributed by atoms with Gasteiger partial charge in [0.2, 0.25) is 5.91 Å². The lowest BCUT2D eigenvalue weighted by molar-refractivity contribution is -0.168. The summed E-state index contributed by atoms with van der Waals surface area (Å²) >= 11 is 0. The van der Waals surface area contributed by atoms with E-state index >= 15 is 0 Å². The van der Waals surface area contributed by atoms with E-state index in [2.05, 4.69) is 5.32 Å². The van der Waals surface area contributed by atoms with Gasteiger partial charge in [-0.05, 0) is 22.3 Å². The fourth-order valence-electron chi connectivity index (χ4n) is 5.63. The Bertz CT molecular complexity index is 1560. The lowest BCUT2D eigenvalue weighted by Gasteiger charge is -2.45. The van der Waals surface area contributed by atoms with Gasteiger partial charge < -0.3 is 33.3 Å². The van der Waals surface area contributed by atoms with Crippen LogP contribution in [0.4, 0.5) is 0 Å². The van der Waals surface area contributed by atoms with Gasteiger partial charge in [-0.2, -0.15) is 0 Å². The predicted molar refractivity (Wildman–Crippen MR) is 183 cm³/mol. The second-order valence-corrected chi connectivity index (χ2v) is 13.9. The van der Waals surface area contributed by atoms with Gasteiger partial charge >= 0.3 is 7.60 Å². The number of carbonyl (C=O) groups excluding carboxylic acids is 1. The molecule has 10 heteroatoms. The van der Waals surface area contributed by atoms with E-state index in [4.69, 9.17) is 28.0 Å². The molecular formula is C38H44NO8P. The molecule has 1 heterocycles. The van der Waals surface area contributed by atoms with E-state index in [0.717, 1.165) is 22.3 Å². The average Bonchev–Trinajstić information content (AvgIpc) is 3.12. The summed E-state index contributed by atoms with van der Waals surface area (Å²) in [5.74, 6) is -0.292. The van der Waals surface area contributed by atoms with E-state index in [0.29, 0.717) is 6.61 Å². The number of ether oxygens (including phenoxy) is 4. The third-order valence-corrected chi connectivity index (χ3v) is 10.00. The summed E-state index contributed by atoms with van der Waals surface area (Å²) in [6, 6.07) is 38.3. The van der Waals surface area contributed by atoms with Gasteiger partial charge in [0.1, 0.15) is 18.3 Å². The fraction of sp³-hybridized carbons (Fsp3) is 0.342. The second-order valence-electron chi connectivity index (χ2n) is 11.7. The van der Waals surface area contributed by atoms with Gasteiger partial charge in [0, 0.05) is 14.0 Å². The van der Waals surface area contributed by atoms with Crippen LogP contribution in [-0.2, 0) is 63.8 Å². The molecule has 1 aliphatic heterocycles. The number of nitrogens with one attached hydrogen (secondary N) is 1. The minimum atomic E-state index is -3.70. The largest absolute Gasteiger partial charge is 0.374 e. The minimum absolute atomic E-state index is 0.0523. The monoisotopic (exact) mass is 673 g/mol.